The van der Waals surface area contributed by atoms with Crippen molar-refractivity contribution in [1.82, 2.24) is 5.32 Å². The molecule has 21 heavy (non-hydrogen) atoms. The molecule has 0 amide bonds. The summed E-state index contributed by atoms with van der Waals surface area (Å²) in [7, 11) is 0. The first-order valence-electron chi connectivity index (χ1n) is 7.64. The molecule has 0 saturated carbocycles. The number of benzene rings is 1. The Morgan fingerprint density at radius 3 is 2.67 bits per heavy atom. The Hall–Kier alpha value is -1.16. The summed E-state index contributed by atoms with van der Waals surface area (Å²) < 4.78 is 0. The molecule has 4 heteroatoms. The fourth-order valence-corrected chi connectivity index (χ4v) is 4.54. The maximum Gasteiger partial charge on any atom is 0.195 e. The summed E-state index contributed by atoms with van der Waals surface area (Å²) in [6.45, 7) is 13.4. The van der Waals surface area contributed by atoms with Gasteiger partial charge in [-0.1, -0.05) is 34.6 Å². The van der Waals surface area contributed by atoms with Crippen molar-refractivity contribution in [3.8, 4) is 0 Å². The molecule has 114 valence electrons. The van der Waals surface area contributed by atoms with E-state index in [2.05, 4.69) is 62.4 Å². The molecule has 0 bridgehead atoms. The number of rotatable bonds is 1. The van der Waals surface area contributed by atoms with E-state index in [9.17, 15) is 0 Å². The van der Waals surface area contributed by atoms with Gasteiger partial charge >= 0.3 is 0 Å². The van der Waals surface area contributed by atoms with Crippen molar-refractivity contribution in [3.05, 3.63) is 23.3 Å². The van der Waals surface area contributed by atoms with Crippen molar-refractivity contribution in [3.63, 3.8) is 0 Å². The van der Waals surface area contributed by atoms with Crippen LogP contribution in [0, 0.1) is 0 Å². The largest absolute Gasteiger partial charge is 0.354 e. The molecular weight excluding hydrogens is 278 g/mol. The maximum absolute atomic E-state index is 4.44. The van der Waals surface area contributed by atoms with Crippen LogP contribution in [0.2, 0.25) is 0 Å². The first kappa shape index (κ1) is 14.8. The topological polar surface area (TPSA) is 36.4 Å². The predicted octanol–water partition coefficient (Wildman–Crippen LogP) is 3.74. The molecule has 1 aromatic rings. The van der Waals surface area contributed by atoms with Crippen LogP contribution in [0.15, 0.2) is 22.0 Å². The van der Waals surface area contributed by atoms with Crippen LogP contribution in [0.5, 0.6) is 0 Å². The minimum absolute atomic E-state index is 0.153. The van der Waals surface area contributed by atoms with Crippen LogP contribution in [-0.2, 0) is 10.8 Å². The molecule has 0 saturated heterocycles. The Bertz CT molecular complexity index is 597. The third-order valence-corrected chi connectivity index (χ3v) is 5.73. The molecule has 0 unspecified atom stereocenters. The molecule has 3 nitrogen and oxygen atoms in total. The zero-order chi connectivity index (χ0) is 15.3. The Morgan fingerprint density at radius 1 is 1.29 bits per heavy atom. The number of anilines is 1. The fraction of sp³-hybridized carbons (Fsp3) is 0.588. The van der Waals surface area contributed by atoms with Crippen molar-refractivity contribution in [1.29, 1.82) is 0 Å². The highest BCUT2D eigenvalue weighted by atomic mass is 32.2. The monoisotopic (exact) mass is 303 g/mol. The van der Waals surface area contributed by atoms with Gasteiger partial charge in [0, 0.05) is 28.3 Å². The standard InChI is InChI=1S/C17H25N3S/c1-16(2,3)12-8-11(20-15-18-6-7-19-15)9-13-14(12)21-10-17(13,4)5/h8-9H,6-7,10H2,1-5H3,(H2,18,19,20). The summed E-state index contributed by atoms with van der Waals surface area (Å²) in [5.74, 6) is 2.06. The Morgan fingerprint density at radius 2 is 2.05 bits per heavy atom. The van der Waals surface area contributed by atoms with Gasteiger partial charge < -0.3 is 10.6 Å². The van der Waals surface area contributed by atoms with Gasteiger partial charge in [0.2, 0.25) is 0 Å². The first-order chi connectivity index (χ1) is 9.77. The number of nitrogens with one attached hydrogen (secondary N) is 2. The summed E-state index contributed by atoms with van der Waals surface area (Å²) in [6, 6.07) is 4.61. The van der Waals surface area contributed by atoms with Gasteiger partial charge in [0.05, 0.1) is 6.54 Å². The van der Waals surface area contributed by atoms with Gasteiger partial charge in [-0.25, -0.2) is 0 Å². The molecule has 1 aromatic carbocycles. The van der Waals surface area contributed by atoms with E-state index in [0.29, 0.717) is 0 Å². The average Bonchev–Trinajstić information content (AvgIpc) is 2.97. The van der Waals surface area contributed by atoms with Crippen molar-refractivity contribution in [2.45, 2.75) is 50.3 Å². The zero-order valence-corrected chi connectivity index (χ0v) is 14.4. The molecule has 0 radical (unpaired) electrons. The van der Waals surface area contributed by atoms with Crippen molar-refractivity contribution in [2.24, 2.45) is 4.99 Å². The average molecular weight is 303 g/mol. The lowest BCUT2D eigenvalue weighted by molar-refractivity contribution is 0.563. The SMILES string of the molecule is CC(C)(C)c1cc(NC2=NCCN2)cc2c1SCC2(C)C. The van der Waals surface area contributed by atoms with E-state index in [1.165, 1.54) is 16.0 Å². The Kier molecular flexibility index (Phi) is 3.47. The number of fused-ring (bicyclic) bond motifs is 1. The van der Waals surface area contributed by atoms with Crippen molar-refractivity contribution >= 4 is 23.4 Å². The van der Waals surface area contributed by atoms with E-state index in [-0.39, 0.29) is 10.8 Å². The molecule has 2 N–H and O–H groups in total. The lowest BCUT2D eigenvalue weighted by Crippen LogP contribution is -2.27. The Labute approximate surface area is 132 Å². The Balaban J connectivity index is 2.06. The molecule has 0 fully saturated rings. The quantitative estimate of drug-likeness (QED) is 0.830. The molecule has 0 atom stereocenters. The number of aliphatic imine (C=N–C) groups is 1. The van der Waals surface area contributed by atoms with Crippen LogP contribution in [0.4, 0.5) is 5.69 Å². The van der Waals surface area contributed by atoms with E-state index in [0.717, 1.165) is 30.5 Å². The smallest absolute Gasteiger partial charge is 0.195 e. The van der Waals surface area contributed by atoms with Gasteiger partial charge in [-0.15, -0.1) is 11.8 Å². The second kappa shape index (κ2) is 4.94. The van der Waals surface area contributed by atoms with Crippen LogP contribution in [0.1, 0.15) is 45.7 Å². The number of nitrogens with zero attached hydrogens (tertiary/aromatic N) is 1. The number of guanidine groups is 1. The summed E-state index contributed by atoms with van der Waals surface area (Å²) in [5, 5.41) is 6.74. The highest BCUT2D eigenvalue weighted by Gasteiger charge is 2.35. The van der Waals surface area contributed by atoms with E-state index >= 15 is 0 Å². The van der Waals surface area contributed by atoms with E-state index in [1.54, 1.807) is 0 Å². The minimum Gasteiger partial charge on any atom is -0.354 e. The zero-order valence-electron chi connectivity index (χ0n) is 13.6. The molecule has 2 heterocycles. The van der Waals surface area contributed by atoms with Gasteiger partial charge in [0.15, 0.2) is 5.96 Å². The van der Waals surface area contributed by atoms with Gasteiger partial charge in [0.1, 0.15) is 0 Å². The molecule has 3 rings (SSSR count). The van der Waals surface area contributed by atoms with Gasteiger partial charge in [-0.05, 0) is 28.7 Å². The van der Waals surface area contributed by atoms with Crippen LogP contribution in [-0.4, -0.2) is 24.8 Å². The van der Waals surface area contributed by atoms with Crippen molar-refractivity contribution in [2.75, 3.05) is 24.2 Å². The maximum atomic E-state index is 4.44. The summed E-state index contributed by atoms with van der Waals surface area (Å²) in [4.78, 5) is 5.93. The summed E-state index contributed by atoms with van der Waals surface area (Å²) >= 11 is 2.01. The lowest BCUT2D eigenvalue weighted by atomic mass is 9.80. The third kappa shape index (κ3) is 2.78. The van der Waals surface area contributed by atoms with Crippen molar-refractivity contribution < 1.29 is 0 Å². The number of hydrogen-bond acceptors (Lipinski definition) is 4. The predicted molar refractivity (Wildman–Crippen MR) is 92.8 cm³/mol. The second-order valence-corrected chi connectivity index (χ2v) is 8.59. The molecule has 2 aliphatic heterocycles. The number of thioether (sulfide) groups is 1. The molecular formula is C17H25N3S. The third-order valence-electron chi connectivity index (χ3n) is 4.14. The highest BCUT2D eigenvalue weighted by molar-refractivity contribution is 7.99. The number of hydrogen-bond donors (Lipinski definition) is 2. The summed E-state index contributed by atoms with van der Waals surface area (Å²) in [6.07, 6.45) is 0. The second-order valence-electron chi connectivity index (χ2n) is 7.61. The molecule has 0 aromatic heterocycles. The van der Waals surface area contributed by atoms with Gasteiger partial charge in [-0.2, -0.15) is 0 Å². The van der Waals surface area contributed by atoms with E-state index < -0.39 is 0 Å². The normalized spacial score (nSPS) is 20.0. The van der Waals surface area contributed by atoms with Gasteiger partial charge in [-0.3, -0.25) is 4.99 Å². The molecule has 2 aliphatic rings. The van der Waals surface area contributed by atoms with Crippen LogP contribution >= 0.6 is 11.8 Å². The fourth-order valence-electron chi connectivity index (χ4n) is 2.87. The molecule has 0 spiro atoms. The molecule has 0 aliphatic carbocycles. The minimum atomic E-state index is 0.153. The summed E-state index contributed by atoms with van der Waals surface area (Å²) in [5.41, 5.74) is 4.46. The van der Waals surface area contributed by atoms with E-state index in [1.807, 2.05) is 11.8 Å². The highest BCUT2D eigenvalue weighted by Crippen LogP contribution is 2.49. The van der Waals surface area contributed by atoms with Gasteiger partial charge in [0.25, 0.3) is 0 Å². The lowest BCUT2D eigenvalue weighted by Gasteiger charge is -2.26. The van der Waals surface area contributed by atoms with Crippen LogP contribution in [0.25, 0.3) is 0 Å². The van der Waals surface area contributed by atoms with Crippen LogP contribution < -0.4 is 10.6 Å². The first-order valence-corrected chi connectivity index (χ1v) is 8.63. The van der Waals surface area contributed by atoms with E-state index in [4.69, 9.17) is 0 Å². The van der Waals surface area contributed by atoms with Crippen LogP contribution in [0.3, 0.4) is 0 Å².